The van der Waals surface area contributed by atoms with Crippen LogP contribution in [0.3, 0.4) is 0 Å². The average molecular weight is 727 g/mol. The smallest absolute Gasteiger partial charge is 0.0561 e. The normalized spacial score (nSPS) is 13.6. The zero-order chi connectivity index (χ0) is 37.5. The van der Waals surface area contributed by atoms with Crippen LogP contribution in [0.5, 0.6) is 0 Å². The van der Waals surface area contributed by atoms with Gasteiger partial charge in [0, 0.05) is 38.8 Å². The minimum absolute atomic E-state index is 0.112. The maximum atomic E-state index is 2.52. The second kappa shape index (κ2) is 12.4. The molecule has 0 unspecified atom stereocenters. The summed E-state index contributed by atoms with van der Waals surface area (Å²) in [7, 11) is 0. The molecule has 0 radical (unpaired) electrons. The van der Waals surface area contributed by atoms with Crippen molar-refractivity contribution in [1.29, 1.82) is 0 Å². The molecule has 0 amide bonds. The van der Waals surface area contributed by atoms with E-state index in [2.05, 4.69) is 216 Å². The van der Waals surface area contributed by atoms with Gasteiger partial charge in [0.15, 0.2) is 0 Å². The van der Waals surface area contributed by atoms with E-state index in [4.69, 9.17) is 0 Å². The second-order valence-electron chi connectivity index (χ2n) is 15.8. The molecule has 0 saturated heterocycles. The molecule has 2 heteroatoms. The number of para-hydroxylation sites is 3. The predicted octanol–water partition coefficient (Wildman–Crippen LogP) is 14.1. The highest BCUT2D eigenvalue weighted by atomic mass is 15.1. The first-order valence-corrected chi connectivity index (χ1v) is 20.0. The van der Waals surface area contributed by atoms with Crippen LogP contribution >= 0.6 is 0 Å². The molecular formula is C55H38N2. The molecule has 0 saturated carbocycles. The third-order valence-corrected chi connectivity index (χ3v) is 12.7. The first-order chi connectivity index (χ1) is 28.2. The molecule has 10 aromatic rings. The Morgan fingerprint density at radius 2 is 1.04 bits per heavy atom. The highest BCUT2D eigenvalue weighted by Crippen LogP contribution is 2.57. The first kappa shape index (κ1) is 32.1. The van der Waals surface area contributed by atoms with Gasteiger partial charge in [0.05, 0.1) is 16.7 Å². The van der Waals surface area contributed by atoms with Crippen molar-refractivity contribution < 1.29 is 0 Å². The van der Waals surface area contributed by atoms with Crippen LogP contribution in [0.1, 0.15) is 22.3 Å². The minimum atomic E-state index is -0.112. The number of benzene rings is 9. The molecule has 2 nitrogen and oxygen atoms in total. The van der Waals surface area contributed by atoms with Crippen LogP contribution in [0.2, 0.25) is 0 Å². The molecule has 1 heterocycles. The minimum Gasteiger partial charge on any atom is -0.310 e. The monoisotopic (exact) mass is 726 g/mol. The number of rotatable bonds is 5. The van der Waals surface area contributed by atoms with Gasteiger partial charge in [-0.1, -0.05) is 152 Å². The SMILES string of the molecule is c1ccc(-n2c3ccccc3c3ccc(N(c4ccc5c(c4)C4(Cc6ccccc6C4)c4ccccc4-5)c4ccccc4-c4ccc5ccccc5c4)cc32)cc1. The van der Waals surface area contributed by atoms with E-state index in [1.165, 1.54) is 77.1 Å². The quantitative estimate of drug-likeness (QED) is 0.171. The highest BCUT2D eigenvalue weighted by molar-refractivity contribution is 6.10. The molecule has 57 heavy (non-hydrogen) atoms. The fourth-order valence-corrected chi connectivity index (χ4v) is 10.2. The largest absolute Gasteiger partial charge is 0.310 e. The maximum absolute atomic E-state index is 2.52. The van der Waals surface area contributed by atoms with E-state index in [1.807, 2.05) is 0 Å². The van der Waals surface area contributed by atoms with Crippen molar-refractivity contribution in [3.8, 4) is 27.9 Å². The van der Waals surface area contributed by atoms with E-state index in [0.717, 1.165) is 35.6 Å². The van der Waals surface area contributed by atoms with Gasteiger partial charge in [-0.25, -0.2) is 0 Å². The Labute approximate surface area is 332 Å². The van der Waals surface area contributed by atoms with E-state index in [9.17, 15) is 0 Å². The Morgan fingerprint density at radius 1 is 0.404 bits per heavy atom. The molecular weight excluding hydrogens is 689 g/mol. The lowest BCUT2D eigenvalue weighted by molar-refractivity contribution is 0.563. The van der Waals surface area contributed by atoms with Crippen LogP contribution < -0.4 is 4.90 Å². The zero-order valence-corrected chi connectivity index (χ0v) is 31.4. The molecule has 0 atom stereocenters. The summed E-state index contributed by atoms with van der Waals surface area (Å²) in [5, 5.41) is 4.98. The van der Waals surface area contributed by atoms with Crippen LogP contribution in [-0.2, 0) is 18.3 Å². The average Bonchev–Trinajstić information content (AvgIpc) is 3.92. The Balaban J connectivity index is 1.12. The van der Waals surface area contributed by atoms with Crippen molar-refractivity contribution in [2.75, 3.05) is 4.90 Å². The van der Waals surface area contributed by atoms with Gasteiger partial charge in [0.2, 0.25) is 0 Å². The van der Waals surface area contributed by atoms with Crippen molar-refractivity contribution in [3.63, 3.8) is 0 Å². The first-order valence-electron chi connectivity index (χ1n) is 20.0. The highest BCUT2D eigenvalue weighted by Gasteiger charge is 2.47. The van der Waals surface area contributed by atoms with Crippen LogP contribution in [0.15, 0.2) is 206 Å². The summed E-state index contributed by atoms with van der Waals surface area (Å²) in [5.41, 5.74) is 17.8. The predicted molar refractivity (Wildman–Crippen MR) is 238 cm³/mol. The number of fused-ring (bicyclic) bond motifs is 10. The standard InChI is InChI=1S/C55H38N2/c1-2-18-42(19-3-1)57-53-25-13-10-22-48(53)49-31-29-44(34-54(49)57)56(52-24-12-9-20-45(52)39-27-26-37-14-4-5-15-38(37)32-39)43-28-30-47-46-21-8-11-23-50(46)55(51(47)33-43)35-40-16-6-7-17-41(40)36-55/h1-34H,35-36H2. The van der Waals surface area contributed by atoms with Crippen molar-refractivity contribution in [2.24, 2.45) is 0 Å². The number of hydrogen-bond donors (Lipinski definition) is 0. The van der Waals surface area contributed by atoms with Gasteiger partial charge in [-0.3, -0.25) is 0 Å². The van der Waals surface area contributed by atoms with Crippen LogP contribution in [0, 0.1) is 0 Å². The zero-order valence-electron chi connectivity index (χ0n) is 31.4. The summed E-state index contributed by atoms with van der Waals surface area (Å²) in [6, 6.07) is 76.6. The summed E-state index contributed by atoms with van der Waals surface area (Å²) < 4.78 is 2.42. The molecule has 0 bridgehead atoms. The molecule has 268 valence electrons. The summed E-state index contributed by atoms with van der Waals surface area (Å²) >= 11 is 0. The fraction of sp³-hybridized carbons (Fsp3) is 0.0545. The molecule has 0 aliphatic heterocycles. The third kappa shape index (κ3) is 4.84. The van der Waals surface area contributed by atoms with Gasteiger partial charge in [-0.15, -0.1) is 0 Å². The van der Waals surface area contributed by atoms with Crippen molar-refractivity contribution in [1.82, 2.24) is 4.57 Å². The maximum Gasteiger partial charge on any atom is 0.0561 e. The fourth-order valence-electron chi connectivity index (χ4n) is 10.2. The molecule has 0 N–H and O–H groups in total. The molecule has 2 aliphatic carbocycles. The van der Waals surface area contributed by atoms with E-state index >= 15 is 0 Å². The number of nitrogens with zero attached hydrogens (tertiary/aromatic N) is 2. The van der Waals surface area contributed by atoms with E-state index < -0.39 is 0 Å². The van der Waals surface area contributed by atoms with E-state index in [1.54, 1.807) is 0 Å². The third-order valence-electron chi connectivity index (χ3n) is 12.7. The molecule has 1 spiro atoms. The summed E-state index contributed by atoms with van der Waals surface area (Å²) in [6.45, 7) is 0. The lowest BCUT2D eigenvalue weighted by atomic mass is 9.75. The van der Waals surface area contributed by atoms with Gasteiger partial charge >= 0.3 is 0 Å². The van der Waals surface area contributed by atoms with Gasteiger partial charge in [-0.05, 0) is 117 Å². The topological polar surface area (TPSA) is 8.17 Å². The summed E-state index contributed by atoms with van der Waals surface area (Å²) in [6.07, 6.45) is 2.01. The Morgan fingerprint density at radius 3 is 1.89 bits per heavy atom. The van der Waals surface area contributed by atoms with Gasteiger partial charge in [0.25, 0.3) is 0 Å². The summed E-state index contributed by atoms with van der Waals surface area (Å²) in [5.74, 6) is 0. The number of aromatic nitrogens is 1. The van der Waals surface area contributed by atoms with Crippen LogP contribution in [-0.4, -0.2) is 4.57 Å². The molecule has 12 rings (SSSR count). The van der Waals surface area contributed by atoms with Crippen molar-refractivity contribution in [3.05, 3.63) is 229 Å². The lowest BCUT2D eigenvalue weighted by Gasteiger charge is -2.31. The lowest BCUT2D eigenvalue weighted by Crippen LogP contribution is -2.26. The van der Waals surface area contributed by atoms with Gasteiger partial charge < -0.3 is 9.47 Å². The summed E-state index contributed by atoms with van der Waals surface area (Å²) in [4.78, 5) is 2.51. The van der Waals surface area contributed by atoms with Crippen molar-refractivity contribution in [2.45, 2.75) is 18.3 Å². The Kier molecular flexibility index (Phi) is 7.00. The number of hydrogen-bond acceptors (Lipinski definition) is 1. The molecule has 1 aromatic heterocycles. The Hall–Kier alpha value is -7.16. The number of anilines is 3. The van der Waals surface area contributed by atoms with Crippen LogP contribution in [0.4, 0.5) is 17.1 Å². The Bertz CT molecular complexity index is 3180. The molecule has 2 aliphatic rings. The second-order valence-corrected chi connectivity index (χ2v) is 15.8. The van der Waals surface area contributed by atoms with Gasteiger partial charge in [0.1, 0.15) is 0 Å². The van der Waals surface area contributed by atoms with Gasteiger partial charge in [-0.2, -0.15) is 0 Å². The van der Waals surface area contributed by atoms with E-state index in [0.29, 0.717) is 0 Å². The van der Waals surface area contributed by atoms with Crippen molar-refractivity contribution >= 4 is 49.6 Å². The molecule has 9 aromatic carbocycles. The van der Waals surface area contributed by atoms with Crippen LogP contribution in [0.25, 0.3) is 60.5 Å². The molecule has 0 fully saturated rings. The van der Waals surface area contributed by atoms with E-state index in [-0.39, 0.29) is 5.41 Å².